The Hall–Kier alpha value is -1.65. The van der Waals surface area contributed by atoms with E-state index in [1.54, 1.807) is 0 Å². The molecule has 0 heterocycles. The smallest absolute Gasteiger partial charge is 0.228 e. The molecular formula is C25H33BrN2O. The highest BCUT2D eigenvalue weighted by Gasteiger charge is 2.35. The molecular weight excluding hydrogens is 424 g/mol. The summed E-state index contributed by atoms with van der Waals surface area (Å²) in [6.07, 6.45) is 6.36. The predicted octanol–water partition coefficient (Wildman–Crippen LogP) is 6.03. The van der Waals surface area contributed by atoms with Crippen LogP contribution in [0.2, 0.25) is 0 Å². The number of anilines is 1. The number of alkyl halides is 1. The Bertz CT molecular complexity index is 750. The molecule has 3 atom stereocenters. The van der Waals surface area contributed by atoms with E-state index < -0.39 is 0 Å². The highest BCUT2D eigenvalue weighted by atomic mass is 79.9. The van der Waals surface area contributed by atoms with E-state index in [1.165, 1.54) is 24.8 Å². The highest BCUT2D eigenvalue weighted by Crippen LogP contribution is 2.31. The molecule has 0 N–H and O–H groups in total. The number of benzene rings is 2. The minimum atomic E-state index is 0.174. The first-order valence-electron chi connectivity index (χ1n) is 10.8. The van der Waals surface area contributed by atoms with Crippen LogP contribution in [0.3, 0.4) is 0 Å². The van der Waals surface area contributed by atoms with Crippen LogP contribution in [0.1, 0.15) is 51.0 Å². The Labute approximate surface area is 184 Å². The summed E-state index contributed by atoms with van der Waals surface area (Å²) in [6.45, 7) is 2.96. The normalized spacial score (nSPS) is 20.8. The standard InChI is InChI=1S/C25H33BrN2O/c1-20(26)18-25(29)28(22-14-8-4-9-15-22)24-17-11-5-10-16-23(24)27(2)19-21-12-6-3-7-13-21/h3-4,6-9,12-15,20,23-24H,5,10-11,16-19H2,1-2H3. The van der Waals surface area contributed by atoms with Gasteiger partial charge in [0.15, 0.2) is 0 Å². The number of rotatable bonds is 7. The van der Waals surface area contributed by atoms with Gasteiger partial charge in [-0.15, -0.1) is 0 Å². The maximum absolute atomic E-state index is 13.4. The Kier molecular flexibility index (Phi) is 8.31. The van der Waals surface area contributed by atoms with E-state index in [0.717, 1.165) is 25.1 Å². The van der Waals surface area contributed by atoms with Gasteiger partial charge in [0.25, 0.3) is 0 Å². The molecule has 3 unspecified atom stereocenters. The summed E-state index contributed by atoms with van der Waals surface area (Å²) in [7, 11) is 2.22. The second-order valence-electron chi connectivity index (χ2n) is 8.26. The molecule has 0 saturated heterocycles. The van der Waals surface area contributed by atoms with E-state index in [1.807, 2.05) is 25.1 Å². The van der Waals surface area contributed by atoms with Gasteiger partial charge in [0.2, 0.25) is 5.91 Å². The Morgan fingerprint density at radius 3 is 2.17 bits per heavy atom. The van der Waals surface area contributed by atoms with Gasteiger partial charge in [-0.2, -0.15) is 0 Å². The number of carbonyl (C=O) groups excluding carboxylic acids is 1. The first-order chi connectivity index (χ1) is 14.1. The average Bonchev–Trinajstić information content (AvgIpc) is 2.95. The molecule has 2 aromatic carbocycles. The molecule has 0 spiro atoms. The number of hydrogen-bond donors (Lipinski definition) is 0. The van der Waals surface area contributed by atoms with E-state index in [-0.39, 0.29) is 16.8 Å². The molecule has 1 saturated carbocycles. The van der Waals surface area contributed by atoms with Gasteiger partial charge in [-0.3, -0.25) is 9.69 Å². The summed E-state index contributed by atoms with van der Waals surface area (Å²) in [5.41, 5.74) is 2.35. The fourth-order valence-corrected chi connectivity index (χ4v) is 4.80. The zero-order valence-electron chi connectivity index (χ0n) is 17.6. The van der Waals surface area contributed by atoms with E-state index >= 15 is 0 Å². The van der Waals surface area contributed by atoms with Gasteiger partial charge in [-0.1, -0.05) is 90.6 Å². The van der Waals surface area contributed by atoms with Gasteiger partial charge >= 0.3 is 0 Å². The van der Waals surface area contributed by atoms with Crippen LogP contribution in [0.15, 0.2) is 60.7 Å². The molecule has 29 heavy (non-hydrogen) atoms. The Morgan fingerprint density at radius 2 is 1.55 bits per heavy atom. The maximum Gasteiger partial charge on any atom is 0.228 e. The summed E-state index contributed by atoms with van der Waals surface area (Å²) >= 11 is 3.59. The van der Waals surface area contributed by atoms with Crippen molar-refractivity contribution in [3.05, 3.63) is 66.2 Å². The molecule has 3 nitrogen and oxygen atoms in total. The first-order valence-corrected chi connectivity index (χ1v) is 11.7. The van der Waals surface area contributed by atoms with Crippen molar-refractivity contribution in [1.82, 2.24) is 4.90 Å². The zero-order chi connectivity index (χ0) is 20.6. The SMILES string of the molecule is CC(Br)CC(=O)N(c1ccccc1)C1CCCCCC1N(C)Cc1ccccc1. The van der Waals surface area contributed by atoms with Crippen molar-refractivity contribution in [2.75, 3.05) is 11.9 Å². The molecule has 0 bridgehead atoms. The van der Waals surface area contributed by atoms with Crippen molar-refractivity contribution in [2.24, 2.45) is 0 Å². The van der Waals surface area contributed by atoms with Crippen LogP contribution in [0.25, 0.3) is 0 Å². The fraction of sp³-hybridized carbons (Fsp3) is 0.480. The number of amides is 1. The molecule has 2 aromatic rings. The lowest BCUT2D eigenvalue weighted by molar-refractivity contribution is -0.119. The summed E-state index contributed by atoms with van der Waals surface area (Å²) in [4.78, 5) is 18.1. The van der Waals surface area contributed by atoms with Gasteiger partial charge in [0.1, 0.15) is 0 Å². The molecule has 0 aromatic heterocycles. The number of carbonyl (C=O) groups is 1. The van der Waals surface area contributed by atoms with Crippen LogP contribution < -0.4 is 4.90 Å². The second-order valence-corrected chi connectivity index (χ2v) is 9.82. The van der Waals surface area contributed by atoms with Crippen molar-refractivity contribution < 1.29 is 4.79 Å². The van der Waals surface area contributed by atoms with E-state index in [4.69, 9.17) is 0 Å². The molecule has 1 amide bonds. The van der Waals surface area contributed by atoms with Crippen LogP contribution >= 0.6 is 15.9 Å². The number of para-hydroxylation sites is 1. The number of hydrogen-bond acceptors (Lipinski definition) is 2. The molecule has 1 fully saturated rings. The van der Waals surface area contributed by atoms with E-state index in [9.17, 15) is 4.79 Å². The Morgan fingerprint density at radius 1 is 0.966 bits per heavy atom. The van der Waals surface area contributed by atoms with E-state index in [2.05, 4.69) is 75.2 Å². The summed E-state index contributed by atoms with van der Waals surface area (Å²) in [6, 6.07) is 21.4. The third-order valence-corrected chi connectivity index (χ3v) is 6.20. The van der Waals surface area contributed by atoms with Gasteiger partial charge < -0.3 is 4.90 Å². The van der Waals surface area contributed by atoms with Crippen molar-refractivity contribution in [2.45, 2.75) is 68.9 Å². The third-order valence-electron chi connectivity index (χ3n) is 5.88. The quantitative estimate of drug-likeness (QED) is 0.375. The average molecular weight is 457 g/mol. The molecule has 3 rings (SSSR count). The van der Waals surface area contributed by atoms with Crippen molar-refractivity contribution in [1.29, 1.82) is 0 Å². The zero-order valence-corrected chi connectivity index (χ0v) is 19.2. The monoisotopic (exact) mass is 456 g/mol. The summed E-state index contributed by atoms with van der Waals surface area (Å²) in [5.74, 6) is 0.214. The largest absolute Gasteiger partial charge is 0.308 e. The number of nitrogens with zero attached hydrogens (tertiary/aromatic N) is 2. The van der Waals surface area contributed by atoms with Crippen molar-refractivity contribution in [3.8, 4) is 0 Å². The summed E-state index contributed by atoms with van der Waals surface area (Å²) in [5, 5.41) is 0. The van der Waals surface area contributed by atoms with Gasteiger partial charge in [-0.25, -0.2) is 0 Å². The van der Waals surface area contributed by atoms with Crippen LogP contribution in [0.5, 0.6) is 0 Å². The van der Waals surface area contributed by atoms with Crippen LogP contribution in [-0.2, 0) is 11.3 Å². The van der Waals surface area contributed by atoms with Gasteiger partial charge in [0, 0.05) is 29.5 Å². The molecule has 1 aliphatic rings. The van der Waals surface area contributed by atoms with Crippen LogP contribution in [0.4, 0.5) is 5.69 Å². The lowest BCUT2D eigenvalue weighted by Gasteiger charge is -2.41. The molecule has 1 aliphatic carbocycles. The van der Waals surface area contributed by atoms with Crippen LogP contribution in [-0.4, -0.2) is 34.8 Å². The van der Waals surface area contributed by atoms with Gasteiger partial charge in [-0.05, 0) is 37.6 Å². The molecule has 0 aliphatic heterocycles. The second kappa shape index (κ2) is 10.9. The van der Waals surface area contributed by atoms with E-state index in [0.29, 0.717) is 12.5 Å². The summed E-state index contributed by atoms with van der Waals surface area (Å²) < 4.78 is 0. The lowest BCUT2D eigenvalue weighted by atomic mass is 9.97. The fourth-order valence-electron chi connectivity index (χ4n) is 4.52. The minimum absolute atomic E-state index is 0.174. The highest BCUT2D eigenvalue weighted by molar-refractivity contribution is 9.09. The molecule has 0 radical (unpaired) electrons. The Balaban J connectivity index is 1.90. The topological polar surface area (TPSA) is 23.6 Å². The third kappa shape index (κ3) is 6.16. The maximum atomic E-state index is 13.4. The predicted molar refractivity (Wildman–Crippen MR) is 126 cm³/mol. The van der Waals surface area contributed by atoms with Gasteiger partial charge in [0.05, 0.1) is 6.04 Å². The van der Waals surface area contributed by atoms with Crippen LogP contribution in [0, 0.1) is 0 Å². The lowest BCUT2D eigenvalue weighted by Crippen LogP contribution is -2.52. The van der Waals surface area contributed by atoms with Crippen molar-refractivity contribution >= 4 is 27.5 Å². The number of halogens is 1. The first kappa shape index (κ1) is 22.0. The van der Waals surface area contributed by atoms with Crippen molar-refractivity contribution in [3.63, 3.8) is 0 Å². The minimum Gasteiger partial charge on any atom is -0.308 e. The number of likely N-dealkylation sites (N-methyl/N-ethyl adjacent to an activating group) is 1. The molecule has 156 valence electrons. The molecule has 4 heteroatoms.